The molecule has 0 aromatic rings. The summed E-state index contributed by atoms with van der Waals surface area (Å²) in [7, 11) is 0. The summed E-state index contributed by atoms with van der Waals surface area (Å²) in [6.07, 6.45) is 7.39. The standard InChI is InChI=1S/C11H21N3O/c1-2-3-4-5-8-9-6-7-10(15-9)14-11(12)13-8/h8-10H,2-7H2,1H3,(H3,12,13,14)/t8-,9+,10-/m0/s1. The van der Waals surface area contributed by atoms with Gasteiger partial charge in [-0.3, -0.25) is 0 Å². The molecule has 15 heavy (non-hydrogen) atoms. The molecule has 0 spiro atoms. The Bertz CT molecular complexity index is 242. The highest BCUT2D eigenvalue weighted by Crippen LogP contribution is 2.27. The molecule has 3 N–H and O–H groups in total. The van der Waals surface area contributed by atoms with Crippen molar-refractivity contribution < 1.29 is 4.74 Å². The van der Waals surface area contributed by atoms with Gasteiger partial charge in [-0.25, -0.2) is 4.99 Å². The van der Waals surface area contributed by atoms with Gasteiger partial charge in [-0.15, -0.1) is 0 Å². The van der Waals surface area contributed by atoms with Gasteiger partial charge in [0, 0.05) is 0 Å². The SMILES string of the molecule is CCCCC[C@@H]1NC(N)=N[C@@H]2CC[C@H]1O2. The Morgan fingerprint density at radius 3 is 3.13 bits per heavy atom. The van der Waals surface area contributed by atoms with Crippen molar-refractivity contribution in [3.63, 3.8) is 0 Å². The lowest BCUT2D eigenvalue weighted by Crippen LogP contribution is -2.45. The molecule has 2 rings (SSSR count). The zero-order chi connectivity index (χ0) is 10.7. The fourth-order valence-corrected chi connectivity index (χ4v) is 2.38. The van der Waals surface area contributed by atoms with E-state index in [-0.39, 0.29) is 6.23 Å². The van der Waals surface area contributed by atoms with Crippen molar-refractivity contribution in [3.05, 3.63) is 0 Å². The second-order valence-electron chi connectivity index (χ2n) is 4.47. The summed E-state index contributed by atoms with van der Waals surface area (Å²) >= 11 is 0. The Hall–Kier alpha value is -0.770. The first kappa shape index (κ1) is 10.7. The molecule has 1 saturated heterocycles. The molecule has 86 valence electrons. The lowest BCUT2D eigenvalue weighted by atomic mass is 10.0. The molecular weight excluding hydrogens is 190 g/mol. The fourth-order valence-electron chi connectivity index (χ4n) is 2.38. The van der Waals surface area contributed by atoms with Crippen LogP contribution in [0.3, 0.4) is 0 Å². The maximum absolute atomic E-state index is 5.81. The molecule has 0 amide bonds. The lowest BCUT2D eigenvalue weighted by molar-refractivity contribution is 0.0354. The molecule has 0 aromatic carbocycles. The highest BCUT2D eigenvalue weighted by molar-refractivity contribution is 5.78. The molecule has 2 heterocycles. The predicted molar refractivity (Wildman–Crippen MR) is 60.6 cm³/mol. The van der Waals surface area contributed by atoms with Gasteiger partial charge >= 0.3 is 0 Å². The Kier molecular flexibility index (Phi) is 3.46. The van der Waals surface area contributed by atoms with E-state index >= 15 is 0 Å². The average molecular weight is 211 g/mol. The van der Waals surface area contributed by atoms with Gasteiger partial charge in [0.2, 0.25) is 0 Å². The van der Waals surface area contributed by atoms with Crippen LogP contribution in [-0.2, 0) is 4.74 Å². The molecule has 0 radical (unpaired) electrons. The third-order valence-electron chi connectivity index (χ3n) is 3.21. The van der Waals surface area contributed by atoms with Crippen LogP contribution in [0.15, 0.2) is 4.99 Å². The predicted octanol–water partition coefficient (Wildman–Crippen LogP) is 1.36. The van der Waals surface area contributed by atoms with Gasteiger partial charge in [0.15, 0.2) is 12.2 Å². The first-order valence-electron chi connectivity index (χ1n) is 6.05. The van der Waals surface area contributed by atoms with Gasteiger partial charge in [0.05, 0.1) is 12.1 Å². The smallest absolute Gasteiger partial charge is 0.191 e. The van der Waals surface area contributed by atoms with Crippen molar-refractivity contribution in [1.29, 1.82) is 0 Å². The molecule has 2 aliphatic rings. The topological polar surface area (TPSA) is 59.6 Å². The maximum Gasteiger partial charge on any atom is 0.191 e. The Balaban J connectivity index is 1.90. The molecule has 2 aliphatic heterocycles. The Morgan fingerprint density at radius 1 is 1.47 bits per heavy atom. The molecule has 0 saturated carbocycles. The third-order valence-corrected chi connectivity index (χ3v) is 3.21. The number of hydrogen-bond donors (Lipinski definition) is 2. The van der Waals surface area contributed by atoms with Crippen LogP contribution < -0.4 is 11.1 Å². The van der Waals surface area contributed by atoms with Crippen LogP contribution in [0.2, 0.25) is 0 Å². The minimum atomic E-state index is 0.0127. The molecule has 0 unspecified atom stereocenters. The summed E-state index contributed by atoms with van der Waals surface area (Å²) in [6.45, 7) is 2.22. The quantitative estimate of drug-likeness (QED) is 0.690. The Labute approximate surface area is 91.3 Å². The number of rotatable bonds is 4. The summed E-state index contributed by atoms with van der Waals surface area (Å²) in [5.41, 5.74) is 5.77. The third kappa shape index (κ3) is 2.62. The largest absolute Gasteiger partial charge is 0.370 e. The number of fused-ring (bicyclic) bond motifs is 2. The zero-order valence-corrected chi connectivity index (χ0v) is 9.41. The van der Waals surface area contributed by atoms with Crippen molar-refractivity contribution in [1.82, 2.24) is 5.32 Å². The normalized spacial score (nSPS) is 34.5. The molecule has 4 nitrogen and oxygen atoms in total. The average Bonchev–Trinajstić information content (AvgIpc) is 2.58. The van der Waals surface area contributed by atoms with Gasteiger partial charge < -0.3 is 15.8 Å². The second-order valence-corrected chi connectivity index (χ2v) is 4.47. The van der Waals surface area contributed by atoms with Crippen LogP contribution in [0.4, 0.5) is 0 Å². The summed E-state index contributed by atoms with van der Waals surface area (Å²) in [4.78, 5) is 4.28. The van der Waals surface area contributed by atoms with Gasteiger partial charge in [0.1, 0.15) is 0 Å². The summed E-state index contributed by atoms with van der Waals surface area (Å²) in [6, 6.07) is 0.368. The highest BCUT2D eigenvalue weighted by Gasteiger charge is 2.34. The molecule has 1 fully saturated rings. The van der Waals surface area contributed by atoms with Gasteiger partial charge in [-0.2, -0.15) is 0 Å². The van der Waals surface area contributed by atoms with Crippen LogP contribution in [0, 0.1) is 0 Å². The van der Waals surface area contributed by atoms with E-state index in [1.807, 2.05) is 0 Å². The first-order valence-corrected chi connectivity index (χ1v) is 6.05. The number of nitrogens with zero attached hydrogens (tertiary/aromatic N) is 1. The van der Waals surface area contributed by atoms with Crippen LogP contribution in [0.5, 0.6) is 0 Å². The van der Waals surface area contributed by atoms with Crippen LogP contribution in [0.25, 0.3) is 0 Å². The minimum absolute atomic E-state index is 0.0127. The van der Waals surface area contributed by atoms with Crippen molar-refractivity contribution in [3.8, 4) is 0 Å². The summed E-state index contributed by atoms with van der Waals surface area (Å²) in [5.74, 6) is 0.559. The number of nitrogens with two attached hydrogens (primary N) is 1. The summed E-state index contributed by atoms with van der Waals surface area (Å²) < 4.78 is 5.81. The van der Waals surface area contributed by atoms with Gasteiger partial charge in [-0.05, 0) is 19.3 Å². The molecule has 0 aliphatic carbocycles. The van der Waals surface area contributed by atoms with Crippen molar-refractivity contribution in [2.75, 3.05) is 0 Å². The van der Waals surface area contributed by atoms with Gasteiger partial charge in [-0.1, -0.05) is 26.2 Å². The van der Waals surface area contributed by atoms with E-state index in [1.54, 1.807) is 0 Å². The molecule has 3 atom stereocenters. The zero-order valence-electron chi connectivity index (χ0n) is 9.41. The number of aliphatic imine (C=N–C) groups is 1. The number of hydrogen-bond acceptors (Lipinski definition) is 4. The number of nitrogens with one attached hydrogen (secondary N) is 1. The number of ether oxygens (including phenoxy) is 1. The highest BCUT2D eigenvalue weighted by atomic mass is 16.5. The second kappa shape index (κ2) is 4.84. The molecule has 0 aromatic heterocycles. The van der Waals surface area contributed by atoms with Crippen LogP contribution in [-0.4, -0.2) is 24.3 Å². The lowest BCUT2D eigenvalue weighted by Gasteiger charge is -2.22. The maximum atomic E-state index is 5.81. The van der Waals surface area contributed by atoms with Crippen LogP contribution in [0.1, 0.15) is 45.4 Å². The number of unbranched alkanes of at least 4 members (excludes halogenated alkanes) is 2. The fraction of sp³-hybridized carbons (Fsp3) is 0.909. The van der Waals surface area contributed by atoms with Crippen molar-refractivity contribution >= 4 is 5.96 Å². The van der Waals surface area contributed by atoms with Gasteiger partial charge in [0.25, 0.3) is 0 Å². The van der Waals surface area contributed by atoms with E-state index in [1.165, 1.54) is 19.3 Å². The van der Waals surface area contributed by atoms with Crippen LogP contribution >= 0.6 is 0 Å². The van der Waals surface area contributed by atoms with Crippen molar-refractivity contribution in [2.24, 2.45) is 10.7 Å². The van der Waals surface area contributed by atoms with E-state index in [0.29, 0.717) is 18.1 Å². The van der Waals surface area contributed by atoms with Crippen molar-refractivity contribution in [2.45, 2.75) is 63.8 Å². The number of guanidine groups is 1. The van der Waals surface area contributed by atoms with E-state index in [9.17, 15) is 0 Å². The minimum Gasteiger partial charge on any atom is -0.370 e. The molecule has 4 heteroatoms. The summed E-state index contributed by atoms with van der Waals surface area (Å²) in [5, 5.41) is 3.27. The van der Waals surface area contributed by atoms with E-state index < -0.39 is 0 Å². The molecule has 2 bridgehead atoms. The van der Waals surface area contributed by atoms with E-state index in [2.05, 4.69) is 17.2 Å². The first-order chi connectivity index (χ1) is 7.29. The monoisotopic (exact) mass is 211 g/mol. The van der Waals surface area contributed by atoms with E-state index in [4.69, 9.17) is 10.5 Å². The Morgan fingerprint density at radius 2 is 2.33 bits per heavy atom. The molecular formula is C11H21N3O. The van der Waals surface area contributed by atoms with E-state index in [0.717, 1.165) is 19.3 Å².